The van der Waals surface area contributed by atoms with E-state index < -0.39 is 0 Å². The van der Waals surface area contributed by atoms with E-state index in [1.807, 2.05) is 11.3 Å². The molecule has 0 bridgehead atoms. The lowest BCUT2D eigenvalue weighted by Crippen LogP contribution is -2.33. The van der Waals surface area contributed by atoms with E-state index in [0.717, 1.165) is 0 Å². The first-order chi connectivity index (χ1) is 8.88. The lowest BCUT2D eigenvalue weighted by Gasteiger charge is -2.29. The second-order valence-electron chi connectivity index (χ2n) is 5.23. The average Bonchev–Trinajstić information content (AvgIpc) is 2.84. The molecule has 2 nitrogen and oxygen atoms in total. The first-order valence-electron chi connectivity index (χ1n) is 6.83. The van der Waals surface area contributed by atoms with Crippen LogP contribution >= 0.6 is 11.3 Å². The molecule has 1 saturated carbocycles. The van der Waals surface area contributed by atoms with Crippen LogP contribution in [0.4, 0.5) is 0 Å². The summed E-state index contributed by atoms with van der Waals surface area (Å²) in [5, 5.41) is 1.34. The summed E-state index contributed by atoms with van der Waals surface area (Å²) >= 11 is 1.88. The molecule has 1 aliphatic carbocycles. The summed E-state index contributed by atoms with van der Waals surface area (Å²) in [6, 6.07) is 11.2. The molecular formula is C15H20N2S. The first-order valence-corrected chi connectivity index (χ1v) is 7.65. The van der Waals surface area contributed by atoms with Crippen molar-refractivity contribution in [1.29, 1.82) is 0 Å². The number of nitrogens with two attached hydrogens (primary N) is 1. The molecule has 0 saturated heterocycles. The van der Waals surface area contributed by atoms with Gasteiger partial charge in [-0.3, -0.25) is 11.3 Å². The summed E-state index contributed by atoms with van der Waals surface area (Å²) in [6.07, 6.45) is 6.72. The van der Waals surface area contributed by atoms with Crippen LogP contribution in [0, 0.1) is 5.92 Å². The van der Waals surface area contributed by atoms with Crippen LogP contribution in [0.5, 0.6) is 0 Å². The lowest BCUT2D eigenvalue weighted by atomic mass is 9.83. The predicted octanol–water partition coefficient (Wildman–Crippen LogP) is 3.99. The third kappa shape index (κ3) is 2.30. The molecule has 0 amide bonds. The maximum Gasteiger partial charge on any atom is 0.0581 e. The Morgan fingerprint density at radius 3 is 2.67 bits per heavy atom. The number of thiophene rings is 1. The SMILES string of the molecule is NNC(c1cc2ccccc2s1)C1CCCCC1. The summed E-state index contributed by atoms with van der Waals surface area (Å²) < 4.78 is 1.36. The van der Waals surface area contributed by atoms with Crippen molar-refractivity contribution in [1.82, 2.24) is 5.43 Å². The van der Waals surface area contributed by atoms with Gasteiger partial charge in [0.05, 0.1) is 6.04 Å². The fraction of sp³-hybridized carbons (Fsp3) is 0.467. The van der Waals surface area contributed by atoms with E-state index in [9.17, 15) is 0 Å². The average molecular weight is 260 g/mol. The third-order valence-corrected chi connectivity index (χ3v) is 5.25. The van der Waals surface area contributed by atoms with Gasteiger partial charge < -0.3 is 0 Å². The topological polar surface area (TPSA) is 38.0 Å². The second kappa shape index (κ2) is 5.39. The van der Waals surface area contributed by atoms with Gasteiger partial charge in [-0.15, -0.1) is 11.3 Å². The molecule has 0 spiro atoms. The van der Waals surface area contributed by atoms with Gasteiger partial charge in [0, 0.05) is 9.58 Å². The van der Waals surface area contributed by atoms with E-state index in [0.29, 0.717) is 12.0 Å². The van der Waals surface area contributed by atoms with Crippen LogP contribution in [0.1, 0.15) is 43.0 Å². The van der Waals surface area contributed by atoms with Crippen LogP contribution in [0.3, 0.4) is 0 Å². The van der Waals surface area contributed by atoms with Crippen LogP contribution in [0.15, 0.2) is 30.3 Å². The van der Waals surface area contributed by atoms with Crippen LogP contribution in [-0.2, 0) is 0 Å². The van der Waals surface area contributed by atoms with E-state index in [1.54, 1.807) is 0 Å². The van der Waals surface area contributed by atoms with Gasteiger partial charge in [0.1, 0.15) is 0 Å². The zero-order chi connectivity index (χ0) is 12.4. The molecule has 18 heavy (non-hydrogen) atoms. The van der Waals surface area contributed by atoms with Gasteiger partial charge in [-0.05, 0) is 36.3 Å². The molecule has 1 heterocycles. The second-order valence-corrected chi connectivity index (χ2v) is 6.34. The van der Waals surface area contributed by atoms with Crippen molar-refractivity contribution in [2.75, 3.05) is 0 Å². The molecule has 1 aromatic heterocycles. The Kier molecular flexibility index (Phi) is 3.64. The summed E-state index contributed by atoms with van der Waals surface area (Å²) in [4.78, 5) is 1.39. The highest BCUT2D eigenvalue weighted by Gasteiger charge is 2.25. The zero-order valence-electron chi connectivity index (χ0n) is 10.6. The molecule has 1 unspecified atom stereocenters. The zero-order valence-corrected chi connectivity index (χ0v) is 11.4. The number of rotatable bonds is 3. The van der Waals surface area contributed by atoms with E-state index in [2.05, 4.69) is 35.8 Å². The van der Waals surface area contributed by atoms with Crippen molar-refractivity contribution in [2.45, 2.75) is 38.1 Å². The molecule has 96 valence electrons. The standard InChI is InChI=1S/C15H20N2S/c16-17-15(11-6-2-1-3-7-11)14-10-12-8-4-5-9-13(12)18-14/h4-5,8-11,15,17H,1-3,6-7,16H2. The van der Waals surface area contributed by atoms with E-state index >= 15 is 0 Å². The van der Waals surface area contributed by atoms with Crippen LogP contribution < -0.4 is 11.3 Å². The Bertz CT molecular complexity index is 481. The highest BCUT2D eigenvalue weighted by atomic mass is 32.1. The number of hydrogen-bond donors (Lipinski definition) is 2. The van der Waals surface area contributed by atoms with Gasteiger partial charge in [-0.1, -0.05) is 37.5 Å². The largest absolute Gasteiger partial charge is 0.271 e. The maximum atomic E-state index is 5.81. The predicted molar refractivity (Wildman–Crippen MR) is 78.5 cm³/mol. The van der Waals surface area contributed by atoms with Gasteiger partial charge in [-0.25, -0.2) is 0 Å². The normalized spacial score (nSPS) is 19.2. The molecular weight excluding hydrogens is 240 g/mol. The van der Waals surface area contributed by atoms with Gasteiger partial charge >= 0.3 is 0 Å². The van der Waals surface area contributed by atoms with Crippen molar-refractivity contribution in [2.24, 2.45) is 11.8 Å². The van der Waals surface area contributed by atoms with E-state index in [-0.39, 0.29) is 0 Å². The molecule has 1 fully saturated rings. The molecule has 3 N–H and O–H groups in total. The highest BCUT2D eigenvalue weighted by molar-refractivity contribution is 7.19. The Morgan fingerprint density at radius 1 is 1.17 bits per heavy atom. The van der Waals surface area contributed by atoms with E-state index in [1.165, 1.54) is 47.1 Å². The number of hydrogen-bond acceptors (Lipinski definition) is 3. The Hall–Kier alpha value is -0.900. The number of nitrogens with one attached hydrogen (secondary N) is 1. The molecule has 1 atom stereocenters. The Balaban J connectivity index is 1.90. The van der Waals surface area contributed by atoms with E-state index in [4.69, 9.17) is 5.84 Å². The summed E-state index contributed by atoms with van der Waals surface area (Å²) in [5.74, 6) is 6.52. The van der Waals surface area contributed by atoms with Gasteiger partial charge in [0.2, 0.25) is 0 Å². The minimum atomic E-state index is 0.336. The van der Waals surface area contributed by atoms with Gasteiger partial charge in [0.25, 0.3) is 0 Å². The minimum absolute atomic E-state index is 0.336. The van der Waals surface area contributed by atoms with Crippen molar-refractivity contribution in [3.8, 4) is 0 Å². The number of hydrazine groups is 1. The van der Waals surface area contributed by atoms with Crippen molar-refractivity contribution in [3.63, 3.8) is 0 Å². The lowest BCUT2D eigenvalue weighted by molar-refractivity contribution is 0.276. The first kappa shape index (κ1) is 12.2. The molecule has 0 radical (unpaired) electrons. The Labute approximate surface area is 112 Å². The van der Waals surface area contributed by atoms with Crippen molar-refractivity contribution in [3.05, 3.63) is 35.2 Å². The highest BCUT2D eigenvalue weighted by Crippen LogP contribution is 2.38. The Morgan fingerprint density at radius 2 is 1.94 bits per heavy atom. The van der Waals surface area contributed by atoms with Crippen LogP contribution in [0.25, 0.3) is 10.1 Å². The molecule has 1 aliphatic rings. The molecule has 1 aromatic carbocycles. The fourth-order valence-corrected chi connectivity index (χ4v) is 4.29. The molecule has 3 heteroatoms. The molecule has 3 rings (SSSR count). The maximum absolute atomic E-state index is 5.81. The summed E-state index contributed by atoms with van der Waals surface area (Å²) in [6.45, 7) is 0. The van der Waals surface area contributed by atoms with Crippen molar-refractivity contribution < 1.29 is 0 Å². The quantitative estimate of drug-likeness (QED) is 0.647. The monoisotopic (exact) mass is 260 g/mol. The van der Waals surface area contributed by atoms with Gasteiger partial charge in [-0.2, -0.15) is 0 Å². The number of fused-ring (bicyclic) bond motifs is 1. The molecule has 0 aliphatic heterocycles. The van der Waals surface area contributed by atoms with Crippen LogP contribution in [-0.4, -0.2) is 0 Å². The third-order valence-electron chi connectivity index (χ3n) is 4.05. The van der Waals surface area contributed by atoms with Crippen molar-refractivity contribution >= 4 is 21.4 Å². The van der Waals surface area contributed by atoms with Crippen LogP contribution in [0.2, 0.25) is 0 Å². The minimum Gasteiger partial charge on any atom is -0.271 e. The van der Waals surface area contributed by atoms with Gasteiger partial charge in [0.15, 0.2) is 0 Å². The smallest absolute Gasteiger partial charge is 0.0581 e. The fourth-order valence-electron chi connectivity index (χ4n) is 3.07. The summed E-state index contributed by atoms with van der Waals surface area (Å²) in [5.41, 5.74) is 3.06. The number of benzene rings is 1. The molecule has 2 aromatic rings. The summed E-state index contributed by atoms with van der Waals surface area (Å²) in [7, 11) is 0.